The fraction of sp³-hybridized carbons (Fsp3) is 0.200. The predicted molar refractivity (Wildman–Crippen MR) is 84.0 cm³/mol. The second-order valence-corrected chi connectivity index (χ2v) is 7.08. The molecule has 0 saturated carbocycles. The summed E-state index contributed by atoms with van der Waals surface area (Å²) in [7, 11) is 3.30. The molecule has 0 aliphatic heterocycles. The number of anilines is 1. The van der Waals surface area contributed by atoms with Gasteiger partial charge in [-0.2, -0.15) is 0 Å². The van der Waals surface area contributed by atoms with Crippen LogP contribution in [-0.4, -0.2) is 14.1 Å². The molecule has 2 aromatic rings. The first-order chi connectivity index (χ1) is 8.59. The lowest BCUT2D eigenvalue weighted by molar-refractivity contribution is 1.14. The lowest BCUT2D eigenvalue weighted by Gasteiger charge is -2.21. The van der Waals surface area contributed by atoms with Crippen LogP contribution in [0.25, 0.3) is 0 Å². The summed E-state index contributed by atoms with van der Waals surface area (Å²) >= 11 is 6.69. The Morgan fingerprint density at radius 3 is 2.28 bits per heavy atom. The lowest BCUT2D eigenvalue weighted by Crippen LogP contribution is -2.20. The highest BCUT2D eigenvalue weighted by Crippen LogP contribution is 2.41. The zero-order valence-corrected chi connectivity index (χ0v) is 12.5. The minimum atomic E-state index is -0.810. The zero-order valence-electron chi connectivity index (χ0n) is 10.9. The van der Waals surface area contributed by atoms with E-state index >= 15 is 0 Å². The van der Waals surface area contributed by atoms with Crippen molar-refractivity contribution in [2.24, 2.45) is 0 Å². The SMILES string of the molecule is Cc1ccc(N(C)C)c(P(Cl)c2ccccc2)c1. The molecule has 18 heavy (non-hydrogen) atoms. The van der Waals surface area contributed by atoms with Gasteiger partial charge in [-0.15, -0.1) is 0 Å². The molecule has 3 heteroatoms. The van der Waals surface area contributed by atoms with Gasteiger partial charge in [-0.3, -0.25) is 0 Å². The molecule has 1 unspecified atom stereocenters. The van der Waals surface area contributed by atoms with Crippen molar-refractivity contribution >= 4 is 34.8 Å². The minimum absolute atomic E-state index is 0.810. The van der Waals surface area contributed by atoms with Crippen molar-refractivity contribution in [3.8, 4) is 0 Å². The molecule has 0 aromatic heterocycles. The summed E-state index contributed by atoms with van der Waals surface area (Å²) in [5.41, 5.74) is 2.45. The molecular weight excluding hydrogens is 261 g/mol. The van der Waals surface area contributed by atoms with Gasteiger partial charge in [-0.25, -0.2) is 0 Å². The standard InChI is InChI=1S/C15H17ClNP/c1-12-9-10-14(17(2)3)15(11-12)18(16)13-7-5-4-6-8-13/h4-11H,1-3H3. The lowest BCUT2D eigenvalue weighted by atomic mass is 10.2. The molecule has 0 heterocycles. The Bertz CT molecular complexity index is 525. The Kier molecular flexibility index (Phi) is 4.27. The second-order valence-electron chi connectivity index (χ2n) is 4.50. The summed E-state index contributed by atoms with van der Waals surface area (Å²) in [5.74, 6) is 0. The second kappa shape index (κ2) is 5.73. The van der Waals surface area contributed by atoms with Crippen LogP contribution in [0.4, 0.5) is 5.69 Å². The number of halogens is 1. The third-order valence-corrected chi connectivity index (χ3v) is 5.47. The highest BCUT2D eigenvalue weighted by molar-refractivity contribution is 7.95. The molecule has 1 nitrogen and oxygen atoms in total. The highest BCUT2D eigenvalue weighted by atomic mass is 35.7. The average Bonchev–Trinajstić information content (AvgIpc) is 2.38. The highest BCUT2D eigenvalue weighted by Gasteiger charge is 2.16. The van der Waals surface area contributed by atoms with E-state index in [0.29, 0.717) is 0 Å². The van der Waals surface area contributed by atoms with Crippen molar-refractivity contribution in [2.45, 2.75) is 6.92 Å². The van der Waals surface area contributed by atoms with Gasteiger partial charge >= 0.3 is 0 Å². The first kappa shape index (κ1) is 13.4. The minimum Gasteiger partial charge on any atom is -0.377 e. The van der Waals surface area contributed by atoms with Crippen LogP contribution in [0.15, 0.2) is 48.5 Å². The Labute approximate surface area is 115 Å². The van der Waals surface area contributed by atoms with Crippen molar-refractivity contribution < 1.29 is 0 Å². The average molecular weight is 278 g/mol. The summed E-state index contributed by atoms with van der Waals surface area (Å²) in [5, 5.41) is 2.42. The van der Waals surface area contributed by atoms with Gasteiger partial charge in [0.2, 0.25) is 0 Å². The summed E-state index contributed by atoms with van der Waals surface area (Å²) in [4.78, 5) is 2.12. The molecule has 2 rings (SSSR count). The van der Waals surface area contributed by atoms with Crippen LogP contribution in [0.5, 0.6) is 0 Å². The molecule has 0 radical (unpaired) electrons. The molecule has 0 aliphatic rings. The van der Waals surface area contributed by atoms with Crippen molar-refractivity contribution in [1.29, 1.82) is 0 Å². The van der Waals surface area contributed by atoms with E-state index in [2.05, 4.69) is 56.3 Å². The van der Waals surface area contributed by atoms with Gasteiger partial charge in [-0.05, 0) is 24.4 Å². The van der Waals surface area contributed by atoms with Gasteiger partial charge in [0, 0.05) is 25.1 Å². The van der Waals surface area contributed by atoms with Gasteiger partial charge in [0.05, 0.1) is 7.27 Å². The Balaban J connectivity index is 2.47. The van der Waals surface area contributed by atoms with Crippen molar-refractivity contribution in [3.05, 3.63) is 54.1 Å². The molecule has 0 spiro atoms. The smallest absolute Gasteiger partial charge is 0.0545 e. The van der Waals surface area contributed by atoms with Crippen LogP contribution >= 0.6 is 18.5 Å². The van der Waals surface area contributed by atoms with E-state index in [4.69, 9.17) is 11.2 Å². The normalized spacial score (nSPS) is 12.2. The fourth-order valence-corrected chi connectivity index (χ4v) is 4.12. The van der Waals surface area contributed by atoms with E-state index in [-0.39, 0.29) is 0 Å². The van der Waals surface area contributed by atoms with E-state index in [1.54, 1.807) is 0 Å². The number of nitrogens with zero attached hydrogens (tertiary/aromatic N) is 1. The van der Waals surface area contributed by atoms with E-state index in [1.807, 2.05) is 18.2 Å². The molecule has 0 amide bonds. The predicted octanol–water partition coefficient (Wildman–Crippen LogP) is 3.65. The molecular formula is C15H17ClNP. The van der Waals surface area contributed by atoms with Crippen molar-refractivity contribution in [1.82, 2.24) is 0 Å². The largest absolute Gasteiger partial charge is 0.377 e. The monoisotopic (exact) mass is 277 g/mol. The number of aryl methyl sites for hydroxylation is 1. The van der Waals surface area contributed by atoms with Crippen molar-refractivity contribution in [3.63, 3.8) is 0 Å². The summed E-state index contributed by atoms with van der Waals surface area (Å²) < 4.78 is 0. The topological polar surface area (TPSA) is 3.24 Å². The Hall–Kier alpha value is -1.04. The Morgan fingerprint density at radius 2 is 1.67 bits per heavy atom. The molecule has 0 N–H and O–H groups in total. The summed E-state index contributed by atoms with van der Waals surface area (Å²) in [6.07, 6.45) is 0. The zero-order chi connectivity index (χ0) is 13.1. The van der Waals surface area contributed by atoms with E-state index in [1.165, 1.54) is 21.9 Å². The number of benzene rings is 2. The number of hydrogen-bond acceptors (Lipinski definition) is 1. The first-order valence-electron chi connectivity index (χ1n) is 5.88. The van der Waals surface area contributed by atoms with Gasteiger partial charge < -0.3 is 4.90 Å². The van der Waals surface area contributed by atoms with Gasteiger partial charge in [0.15, 0.2) is 0 Å². The van der Waals surface area contributed by atoms with Crippen LogP contribution in [0, 0.1) is 6.92 Å². The molecule has 2 aromatic carbocycles. The van der Waals surface area contributed by atoms with Gasteiger partial charge in [-0.1, -0.05) is 53.2 Å². The van der Waals surface area contributed by atoms with E-state index < -0.39 is 7.27 Å². The summed E-state index contributed by atoms with van der Waals surface area (Å²) in [6.45, 7) is 2.11. The number of rotatable bonds is 3. The maximum Gasteiger partial charge on any atom is 0.0545 e. The van der Waals surface area contributed by atoms with Crippen molar-refractivity contribution in [2.75, 3.05) is 19.0 Å². The van der Waals surface area contributed by atoms with Crippen LogP contribution in [0.2, 0.25) is 0 Å². The molecule has 0 aliphatic carbocycles. The molecule has 0 saturated heterocycles. The third-order valence-electron chi connectivity index (χ3n) is 2.81. The molecule has 1 atom stereocenters. The van der Waals surface area contributed by atoms with Crippen LogP contribution < -0.4 is 15.5 Å². The maximum absolute atomic E-state index is 6.69. The van der Waals surface area contributed by atoms with Crippen LogP contribution in [-0.2, 0) is 0 Å². The summed E-state index contributed by atoms with van der Waals surface area (Å²) in [6, 6.07) is 16.8. The van der Waals surface area contributed by atoms with E-state index in [9.17, 15) is 0 Å². The number of hydrogen-bond donors (Lipinski definition) is 0. The van der Waals surface area contributed by atoms with Gasteiger partial charge in [0.25, 0.3) is 0 Å². The first-order valence-corrected chi connectivity index (χ1v) is 8.13. The third kappa shape index (κ3) is 2.85. The molecule has 0 fully saturated rings. The van der Waals surface area contributed by atoms with Gasteiger partial charge in [0.1, 0.15) is 0 Å². The molecule has 0 bridgehead atoms. The maximum atomic E-state index is 6.69. The van der Waals surface area contributed by atoms with E-state index in [0.717, 1.165) is 0 Å². The molecule has 94 valence electrons. The quantitative estimate of drug-likeness (QED) is 0.774. The van der Waals surface area contributed by atoms with Crippen LogP contribution in [0.3, 0.4) is 0 Å². The van der Waals surface area contributed by atoms with Crippen LogP contribution in [0.1, 0.15) is 5.56 Å². The fourth-order valence-electron chi connectivity index (χ4n) is 1.87. The Morgan fingerprint density at radius 1 is 1.00 bits per heavy atom.